The second-order valence-electron chi connectivity index (χ2n) is 8.18. The third-order valence-electron chi connectivity index (χ3n) is 4.67. The summed E-state index contributed by atoms with van der Waals surface area (Å²) in [5.74, 6) is 0.0432. The molecular formula is C20H33N3O2. The molecule has 1 aliphatic heterocycles. The first-order valence-corrected chi connectivity index (χ1v) is 9.12. The summed E-state index contributed by atoms with van der Waals surface area (Å²) in [6, 6.07) is 7.97. The Morgan fingerprint density at radius 1 is 1.24 bits per heavy atom. The van der Waals surface area contributed by atoms with Gasteiger partial charge in [0.1, 0.15) is 0 Å². The van der Waals surface area contributed by atoms with Gasteiger partial charge in [0.05, 0.1) is 12.2 Å². The Morgan fingerprint density at radius 3 is 2.32 bits per heavy atom. The van der Waals surface area contributed by atoms with Crippen molar-refractivity contribution in [1.29, 1.82) is 0 Å². The van der Waals surface area contributed by atoms with E-state index in [0.717, 1.165) is 25.2 Å². The third-order valence-corrected chi connectivity index (χ3v) is 4.67. The summed E-state index contributed by atoms with van der Waals surface area (Å²) in [4.78, 5) is 16.7. The van der Waals surface area contributed by atoms with E-state index in [-0.39, 0.29) is 23.5 Å². The van der Waals surface area contributed by atoms with Crippen molar-refractivity contribution in [2.24, 2.45) is 11.1 Å². The predicted molar refractivity (Wildman–Crippen MR) is 102 cm³/mol. The minimum absolute atomic E-state index is 0.0432. The highest BCUT2D eigenvalue weighted by Gasteiger charge is 2.23. The summed E-state index contributed by atoms with van der Waals surface area (Å²) in [6.45, 7) is 12.4. The van der Waals surface area contributed by atoms with Crippen LogP contribution in [0.4, 0.5) is 0 Å². The van der Waals surface area contributed by atoms with Gasteiger partial charge in [-0.3, -0.25) is 9.69 Å². The molecule has 1 aromatic carbocycles. The van der Waals surface area contributed by atoms with Gasteiger partial charge in [-0.15, -0.1) is 0 Å². The average molecular weight is 348 g/mol. The molecule has 5 nitrogen and oxygen atoms in total. The number of nitrogens with zero attached hydrogens (tertiary/aromatic N) is 2. The summed E-state index contributed by atoms with van der Waals surface area (Å²) in [7, 11) is 1.84. The van der Waals surface area contributed by atoms with Crippen molar-refractivity contribution >= 4 is 5.91 Å². The van der Waals surface area contributed by atoms with E-state index in [1.165, 1.54) is 5.56 Å². The van der Waals surface area contributed by atoms with Gasteiger partial charge in [0, 0.05) is 38.8 Å². The summed E-state index contributed by atoms with van der Waals surface area (Å²) in [6.07, 6.45) is 0.535. The van der Waals surface area contributed by atoms with Crippen LogP contribution in [0.1, 0.15) is 43.6 Å². The number of rotatable bonds is 6. The highest BCUT2D eigenvalue weighted by atomic mass is 16.5. The quantitative estimate of drug-likeness (QED) is 0.858. The second kappa shape index (κ2) is 8.30. The third kappa shape index (κ3) is 5.80. The number of morpholine rings is 1. The molecule has 0 spiro atoms. The normalized spacial score (nSPS) is 22.0. The molecule has 1 aromatic rings. The fourth-order valence-corrected chi connectivity index (χ4v) is 3.42. The van der Waals surface area contributed by atoms with Crippen LogP contribution in [-0.2, 0) is 11.3 Å². The Kier molecular flexibility index (Phi) is 6.60. The van der Waals surface area contributed by atoms with Crippen LogP contribution in [0, 0.1) is 5.41 Å². The summed E-state index contributed by atoms with van der Waals surface area (Å²) in [5, 5.41) is 0. The molecule has 0 aromatic heterocycles. The Morgan fingerprint density at radius 2 is 1.80 bits per heavy atom. The number of nitrogens with two attached hydrogens (primary N) is 1. The van der Waals surface area contributed by atoms with Crippen molar-refractivity contribution in [3.05, 3.63) is 35.4 Å². The van der Waals surface area contributed by atoms with Crippen molar-refractivity contribution in [2.75, 3.05) is 33.2 Å². The molecule has 0 bridgehead atoms. The van der Waals surface area contributed by atoms with E-state index in [9.17, 15) is 4.79 Å². The molecule has 0 radical (unpaired) electrons. The summed E-state index contributed by atoms with van der Waals surface area (Å²) in [5.41, 5.74) is 7.64. The smallest absolute Gasteiger partial charge is 0.253 e. The number of amides is 1. The van der Waals surface area contributed by atoms with E-state index in [2.05, 4.69) is 44.7 Å². The molecule has 2 atom stereocenters. The highest BCUT2D eigenvalue weighted by molar-refractivity contribution is 5.94. The maximum atomic E-state index is 12.6. The fourth-order valence-electron chi connectivity index (χ4n) is 3.42. The average Bonchev–Trinajstić information content (AvgIpc) is 2.53. The lowest BCUT2D eigenvalue weighted by Crippen LogP contribution is -2.44. The van der Waals surface area contributed by atoms with Crippen LogP contribution in [-0.4, -0.2) is 61.1 Å². The van der Waals surface area contributed by atoms with Gasteiger partial charge in [-0.25, -0.2) is 0 Å². The molecule has 0 saturated carbocycles. The topological polar surface area (TPSA) is 58.8 Å². The van der Waals surface area contributed by atoms with Crippen LogP contribution >= 0.6 is 0 Å². The van der Waals surface area contributed by atoms with E-state index in [1.807, 2.05) is 19.2 Å². The molecule has 1 fully saturated rings. The van der Waals surface area contributed by atoms with Crippen molar-refractivity contribution in [2.45, 2.75) is 46.4 Å². The molecule has 1 aliphatic rings. The lowest BCUT2D eigenvalue weighted by molar-refractivity contribution is -0.0704. The molecule has 2 unspecified atom stereocenters. The molecule has 1 amide bonds. The van der Waals surface area contributed by atoms with E-state index in [0.29, 0.717) is 13.1 Å². The Balaban J connectivity index is 1.96. The van der Waals surface area contributed by atoms with Crippen molar-refractivity contribution in [1.82, 2.24) is 9.80 Å². The maximum absolute atomic E-state index is 12.6. The number of carbonyl (C=O) groups is 1. The standard InChI is InChI=1S/C20H33N3O2/c1-15-10-23(11-16(2)25-15)12-17-6-8-18(9-7-17)19(24)22(5)14-20(3,4)13-21/h6-9,15-16H,10-14,21H2,1-5H3. The number of hydrogen-bond acceptors (Lipinski definition) is 4. The first kappa shape index (κ1) is 19.9. The minimum Gasteiger partial charge on any atom is -0.373 e. The van der Waals surface area contributed by atoms with Crippen LogP contribution in [0.15, 0.2) is 24.3 Å². The van der Waals surface area contributed by atoms with Crippen LogP contribution in [0.2, 0.25) is 0 Å². The van der Waals surface area contributed by atoms with Crippen molar-refractivity contribution in [3.8, 4) is 0 Å². The lowest BCUT2D eigenvalue weighted by atomic mass is 9.93. The summed E-state index contributed by atoms with van der Waals surface area (Å²) >= 11 is 0. The van der Waals surface area contributed by atoms with Crippen LogP contribution in [0.3, 0.4) is 0 Å². The number of ether oxygens (including phenoxy) is 1. The van der Waals surface area contributed by atoms with Crippen LogP contribution in [0.5, 0.6) is 0 Å². The SMILES string of the molecule is CC1CN(Cc2ccc(C(=O)N(C)CC(C)(C)CN)cc2)CC(C)O1. The van der Waals surface area contributed by atoms with Gasteiger partial charge in [-0.05, 0) is 43.5 Å². The molecule has 5 heteroatoms. The number of hydrogen-bond donors (Lipinski definition) is 1. The molecule has 140 valence electrons. The van der Waals surface area contributed by atoms with Gasteiger partial charge in [0.15, 0.2) is 0 Å². The monoisotopic (exact) mass is 347 g/mol. The second-order valence-corrected chi connectivity index (χ2v) is 8.18. The predicted octanol–water partition coefficient (Wildman–Crippen LogP) is 2.35. The molecule has 1 heterocycles. The Bertz CT molecular complexity index is 561. The highest BCUT2D eigenvalue weighted by Crippen LogP contribution is 2.17. The molecule has 25 heavy (non-hydrogen) atoms. The number of carbonyl (C=O) groups excluding carboxylic acids is 1. The zero-order chi connectivity index (χ0) is 18.6. The van der Waals surface area contributed by atoms with Gasteiger partial charge in [0.2, 0.25) is 0 Å². The first-order valence-electron chi connectivity index (χ1n) is 9.12. The summed E-state index contributed by atoms with van der Waals surface area (Å²) < 4.78 is 5.78. The maximum Gasteiger partial charge on any atom is 0.253 e. The molecular weight excluding hydrogens is 314 g/mol. The van der Waals surface area contributed by atoms with E-state index in [4.69, 9.17) is 10.5 Å². The zero-order valence-electron chi connectivity index (χ0n) is 16.3. The van der Waals surface area contributed by atoms with Crippen LogP contribution < -0.4 is 5.73 Å². The van der Waals surface area contributed by atoms with E-state index < -0.39 is 0 Å². The van der Waals surface area contributed by atoms with Crippen LogP contribution in [0.25, 0.3) is 0 Å². The van der Waals surface area contributed by atoms with E-state index >= 15 is 0 Å². The Labute approximate surface area is 152 Å². The molecule has 0 aliphatic carbocycles. The van der Waals surface area contributed by atoms with Crippen molar-refractivity contribution in [3.63, 3.8) is 0 Å². The largest absolute Gasteiger partial charge is 0.373 e. The molecule has 2 rings (SSSR count). The molecule has 1 saturated heterocycles. The number of benzene rings is 1. The van der Waals surface area contributed by atoms with Gasteiger partial charge < -0.3 is 15.4 Å². The van der Waals surface area contributed by atoms with Gasteiger partial charge in [0.25, 0.3) is 5.91 Å². The minimum atomic E-state index is -0.0753. The molecule has 2 N–H and O–H groups in total. The van der Waals surface area contributed by atoms with Crippen molar-refractivity contribution < 1.29 is 9.53 Å². The van der Waals surface area contributed by atoms with Gasteiger partial charge in [-0.1, -0.05) is 26.0 Å². The first-order chi connectivity index (χ1) is 11.7. The fraction of sp³-hybridized carbons (Fsp3) is 0.650. The van der Waals surface area contributed by atoms with E-state index in [1.54, 1.807) is 4.90 Å². The zero-order valence-corrected chi connectivity index (χ0v) is 16.3. The van der Waals surface area contributed by atoms with Gasteiger partial charge in [-0.2, -0.15) is 0 Å². The van der Waals surface area contributed by atoms with Gasteiger partial charge >= 0.3 is 0 Å². The lowest BCUT2D eigenvalue weighted by Gasteiger charge is -2.35. The Hall–Kier alpha value is -1.43.